The van der Waals surface area contributed by atoms with E-state index in [4.69, 9.17) is 15.2 Å². The van der Waals surface area contributed by atoms with Crippen molar-refractivity contribution in [2.45, 2.75) is 12.7 Å². The highest BCUT2D eigenvalue weighted by Gasteiger charge is 2.33. The van der Waals surface area contributed by atoms with Crippen molar-refractivity contribution in [1.82, 2.24) is 4.98 Å². The quantitative estimate of drug-likeness (QED) is 0.940. The van der Waals surface area contributed by atoms with Crippen LogP contribution in [-0.4, -0.2) is 12.1 Å². The van der Waals surface area contributed by atoms with Gasteiger partial charge in [0.05, 0.1) is 7.11 Å². The number of rotatable bonds is 4. The summed E-state index contributed by atoms with van der Waals surface area (Å²) in [5.41, 5.74) is 4.83. The van der Waals surface area contributed by atoms with Crippen LogP contribution in [0.3, 0.4) is 0 Å². The molecule has 1 heterocycles. The number of hydrogen-bond acceptors (Lipinski definition) is 4. The Labute approximate surface area is 119 Å². The minimum absolute atomic E-state index is 0.00954. The monoisotopic (exact) mass is 298 g/mol. The number of ether oxygens (including phenoxy) is 2. The number of nitrogens with two attached hydrogens (primary N) is 1. The Bertz CT molecular complexity index is 630. The second-order valence-electron chi connectivity index (χ2n) is 4.12. The van der Waals surface area contributed by atoms with E-state index >= 15 is 0 Å². The molecule has 0 spiro atoms. The van der Waals surface area contributed by atoms with Crippen molar-refractivity contribution in [2.75, 3.05) is 7.11 Å². The fourth-order valence-electron chi connectivity index (χ4n) is 1.68. The van der Waals surface area contributed by atoms with Gasteiger partial charge in [-0.15, -0.1) is 0 Å². The maximum Gasteiger partial charge on any atom is 0.433 e. The normalized spacial score (nSPS) is 11.3. The lowest BCUT2D eigenvalue weighted by Crippen LogP contribution is -2.10. The molecule has 0 fully saturated rings. The lowest BCUT2D eigenvalue weighted by Gasteiger charge is -2.14. The van der Waals surface area contributed by atoms with Gasteiger partial charge in [-0.2, -0.15) is 13.2 Å². The summed E-state index contributed by atoms with van der Waals surface area (Å²) in [6.45, 7) is 0.00954. The number of aromatic nitrogens is 1. The number of hydrogen-bond donors (Lipinski definition) is 1. The fraction of sp³-hybridized carbons (Fsp3) is 0.214. The molecule has 2 rings (SSSR count). The van der Waals surface area contributed by atoms with Crippen LogP contribution >= 0.6 is 0 Å². The number of halogens is 3. The van der Waals surface area contributed by atoms with Crippen LogP contribution in [0.25, 0.3) is 0 Å². The Balaban J connectivity index is 2.42. The van der Waals surface area contributed by atoms with E-state index in [0.29, 0.717) is 11.3 Å². The number of nitrogens with zero attached hydrogens (tertiary/aromatic N) is 1. The van der Waals surface area contributed by atoms with Gasteiger partial charge in [-0.3, -0.25) is 0 Å². The minimum Gasteiger partial charge on any atom is -0.493 e. The Kier molecular flexibility index (Phi) is 4.32. The largest absolute Gasteiger partial charge is 0.493 e. The molecule has 0 unspecified atom stereocenters. The molecule has 2 aromatic rings. The Morgan fingerprint density at radius 1 is 1.10 bits per heavy atom. The topological polar surface area (TPSA) is 57.4 Å². The Hall–Kier alpha value is -2.28. The summed E-state index contributed by atoms with van der Waals surface area (Å²) in [7, 11) is 1.44. The van der Waals surface area contributed by atoms with Gasteiger partial charge in [0.15, 0.2) is 11.5 Å². The van der Waals surface area contributed by atoms with E-state index in [1.807, 2.05) is 0 Å². The molecule has 112 valence electrons. The average molecular weight is 298 g/mol. The molecule has 0 aliphatic rings. The molecule has 0 saturated carbocycles. The van der Waals surface area contributed by atoms with Crippen molar-refractivity contribution >= 4 is 0 Å². The lowest BCUT2D eigenvalue weighted by molar-refractivity contribution is -0.141. The minimum atomic E-state index is -4.55. The Morgan fingerprint density at radius 2 is 1.76 bits per heavy atom. The van der Waals surface area contributed by atoms with E-state index in [2.05, 4.69) is 4.98 Å². The summed E-state index contributed by atoms with van der Waals surface area (Å²) >= 11 is 0. The van der Waals surface area contributed by atoms with Gasteiger partial charge in [0.2, 0.25) is 5.88 Å². The van der Waals surface area contributed by atoms with E-state index in [-0.39, 0.29) is 18.2 Å². The third-order valence-electron chi connectivity index (χ3n) is 2.73. The number of para-hydroxylation sites is 2. The van der Waals surface area contributed by atoms with Crippen LogP contribution in [0.15, 0.2) is 36.4 Å². The van der Waals surface area contributed by atoms with Crippen LogP contribution in [0.4, 0.5) is 13.2 Å². The van der Waals surface area contributed by atoms with Gasteiger partial charge in [0.1, 0.15) is 5.69 Å². The first kappa shape index (κ1) is 15.1. The molecule has 0 saturated heterocycles. The van der Waals surface area contributed by atoms with Gasteiger partial charge >= 0.3 is 6.18 Å². The predicted molar refractivity (Wildman–Crippen MR) is 70.2 cm³/mol. The zero-order valence-corrected chi connectivity index (χ0v) is 11.1. The molecule has 21 heavy (non-hydrogen) atoms. The maximum atomic E-state index is 12.7. The standard InChI is InChI=1S/C14H13F3N2O2/c1-20-10-4-2-3-5-11(10)21-13-9(8-18)6-7-12(19-13)14(15,16)17/h2-7H,8,18H2,1H3. The van der Waals surface area contributed by atoms with Gasteiger partial charge < -0.3 is 15.2 Å². The summed E-state index contributed by atoms with van der Waals surface area (Å²) in [5, 5.41) is 0. The lowest BCUT2D eigenvalue weighted by atomic mass is 10.2. The van der Waals surface area contributed by atoms with Gasteiger partial charge in [-0.1, -0.05) is 18.2 Å². The highest BCUT2D eigenvalue weighted by atomic mass is 19.4. The molecule has 0 aliphatic heterocycles. The van der Waals surface area contributed by atoms with Crippen molar-refractivity contribution in [3.8, 4) is 17.4 Å². The van der Waals surface area contributed by atoms with E-state index in [1.165, 1.54) is 13.2 Å². The first-order valence-electron chi connectivity index (χ1n) is 6.03. The number of alkyl halides is 3. The van der Waals surface area contributed by atoms with Crippen LogP contribution in [-0.2, 0) is 12.7 Å². The van der Waals surface area contributed by atoms with Crippen LogP contribution in [0.5, 0.6) is 17.4 Å². The van der Waals surface area contributed by atoms with E-state index in [9.17, 15) is 13.2 Å². The van der Waals surface area contributed by atoms with Crippen molar-refractivity contribution < 1.29 is 22.6 Å². The number of methoxy groups -OCH3 is 1. The summed E-state index contributed by atoms with van der Waals surface area (Å²) in [6.07, 6.45) is -4.55. The zero-order valence-electron chi connectivity index (χ0n) is 11.1. The van der Waals surface area contributed by atoms with Gasteiger partial charge in [-0.05, 0) is 18.2 Å². The van der Waals surface area contributed by atoms with E-state index in [0.717, 1.165) is 6.07 Å². The highest BCUT2D eigenvalue weighted by Crippen LogP contribution is 2.34. The summed E-state index contributed by atoms with van der Waals surface area (Å²) in [5.74, 6) is 0.470. The zero-order chi connectivity index (χ0) is 15.5. The predicted octanol–water partition coefficient (Wildman–Crippen LogP) is 3.36. The molecule has 0 aliphatic carbocycles. The average Bonchev–Trinajstić information content (AvgIpc) is 2.47. The maximum absolute atomic E-state index is 12.7. The first-order chi connectivity index (χ1) is 9.95. The van der Waals surface area contributed by atoms with Crippen LogP contribution < -0.4 is 15.2 Å². The van der Waals surface area contributed by atoms with Crippen LogP contribution in [0.2, 0.25) is 0 Å². The molecule has 1 aromatic carbocycles. The number of pyridine rings is 1. The van der Waals surface area contributed by atoms with Crippen LogP contribution in [0.1, 0.15) is 11.3 Å². The van der Waals surface area contributed by atoms with Gasteiger partial charge in [-0.25, -0.2) is 4.98 Å². The summed E-state index contributed by atoms with van der Waals surface area (Å²) in [6, 6.07) is 8.71. The molecule has 0 radical (unpaired) electrons. The third-order valence-corrected chi connectivity index (χ3v) is 2.73. The van der Waals surface area contributed by atoms with Crippen molar-refractivity contribution in [1.29, 1.82) is 0 Å². The van der Waals surface area contributed by atoms with Gasteiger partial charge in [0, 0.05) is 12.1 Å². The molecular weight excluding hydrogens is 285 g/mol. The third kappa shape index (κ3) is 3.43. The molecule has 0 amide bonds. The molecular formula is C14H13F3N2O2. The first-order valence-corrected chi connectivity index (χ1v) is 6.03. The van der Waals surface area contributed by atoms with Crippen LogP contribution in [0, 0.1) is 0 Å². The van der Waals surface area contributed by atoms with Crippen molar-refractivity contribution in [3.63, 3.8) is 0 Å². The molecule has 1 aromatic heterocycles. The molecule has 7 heteroatoms. The second kappa shape index (κ2) is 6.01. The number of benzene rings is 1. The molecule has 4 nitrogen and oxygen atoms in total. The van der Waals surface area contributed by atoms with Gasteiger partial charge in [0.25, 0.3) is 0 Å². The van der Waals surface area contributed by atoms with Crippen molar-refractivity contribution in [2.24, 2.45) is 5.73 Å². The summed E-state index contributed by atoms with van der Waals surface area (Å²) in [4.78, 5) is 3.50. The molecule has 2 N–H and O–H groups in total. The molecule has 0 bridgehead atoms. The van der Waals surface area contributed by atoms with E-state index in [1.54, 1.807) is 24.3 Å². The SMILES string of the molecule is COc1ccccc1Oc1nc(C(F)(F)F)ccc1CN. The molecule has 0 atom stereocenters. The second-order valence-corrected chi connectivity index (χ2v) is 4.12. The Morgan fingerprint density at radius 3 is 2.33 bits per heavy atom. The highest BCUT2D eigenvalue weighted by molar-refractivity contribution is 5.43. The van der Waals surface area contributed by atoms with E-state index < -0.39 is 11.9 Å². The smallest absolute Gasteiger partial charge is 0.433 e. The fourth-order valence-corrected chi connectivity index (χ4v) is 1.68. The summed E-state index contributed by atoms with van der Waals surface area (Å²) < 4.78 is 48.7. The van der Waals surface area contributed by atoms with Crippen molar-refractivity contribution in [3.05, 3.63) is 47.7 Å².